The van der Waals surface area contributed by atoms with Crippen molar-refractivity contribution in [2.24, 2.45) is 0 Å². The lowest BCUT2D eigenvalue weighted by atomic mass is 10.0. The molecule has 434 valence electrons. The summed E-state index contributed by atoms with van der Waals surface area (Å²) in [5.74, 6) is -1.18. The minimum absolute atomic E-state index is 0.0496. The van der Waals surface area contributed by atoms with Crippen LogP contribution < -0.4 is 25.0 Å². The van der Waals surface area contributed by atoms with Gasteiger partial charge in [-0.3, -0.25) is 23.7 Å². The van der Waals surface area contributed by atoms with Gasteiger partial charge in [-0.25, -0.2) is 4.57 Å². The zero-order valence-corrected chi connectivity index (χ0v) is 48.4. The lowest BCUT2D eigenvalue weighted by Gasteiger charge is -2.23. The summed E-state index contributed by atoms with van der Waals surface area (Å²) in [5, 5.41) is 29.2. The second kappa shape index (κ2) is 46.0. The summed E-state index contributed by atoms with van der Waals surface area (Å²) in [5.41, 5.74) is 0. The second-order valence-corrected chi connectivity index (χ2v) is 22.4. The summed E-state index contributed by atoms with van der Waals surface area (Å²) in [6.45, 7) is 6.17. The molecule has 0 aromatic heterocycles. The SMILES string of the molecule is CCCCCCCCCCCC(=O)O[C@H](CCCCCCCCCCC)CC(=O)NC(CCOP(=O)(Oc1ccccc1)Oc1ccccc1)C(=O)NCCCC(CO)NC(=O)C[C@H](O)CCCCCCCCCCC. The van der Waals surface area contributed by atoms with Gasteiger partial charge in [0, 0.05) is 19.4 Å². The first-order valence-corrected chi connectivity index (χ1v) is 31.5. The molecule has 14 nitrogen and oxygen atoms in total. The number of nitrogens with one attached hydrogen (secondary N) is 3. The van der Waals surface area contributed by atoms with E-state index in [0.29, 0.717) is 25.7 Å². The van der Waals surface area contributed by atoms with Gasteiger partial charge >= 0.3 is 13.8 Å². The van der Waals surface area contributed by atoms with Crippen LogP contribution in [0, 0.1) is 0 Å². The van der Waals surface area contributed by atoms with E-state index < -0.39 is 43.9 Å². The molecule has 0 aliphatic heterocycles. The fourth-order valence-corrected chi connectivity index (χ4v) is 10.4. The first-order chi connectivity index (χ1) is 37.0. The molecule has 2 aromatic carbocycles. The van der Waals surface area contributed by atoms with E-state index in [0.717, 1.165) is 70.6 Å². The molecule has 4 atom stereocenters. The van der Waals surface area contributed by atoms with Crippen molar-refractivity contribution < 1.29 is 52.3 Å². The number of carbonyl (C=O) groups is 4. The van der Waals surface area contributed by atoms with Crippen molar-refractivity contribution in [2.75, 3.05) is 19.8 Å². The number of aliphatic hydroxyl groups is 2. The van der Waals surface area contributed by atoms with Crippen molar-refractivity contribution >= 4 is 31.5 Å². The van der Waals surface area contributed by atoms with Gasteiger partial charge in [-0.1, -0.05) is 218 Å². The average Bonchev–Trinajstić information content (AvgIpc) is 3.40. The molecular formula is C61H104N3O11P. The van der Waals surface area contributed by atoms with Crippen molar-refractivity contribution in [1.29, 1.82) is 0 Å². The van der Waals surface area contributed by atoms with Crippen LogP contribution in [0.1, 0.15) is 245 Å². The Bertz CT molecular complexity index is 1750. The van der Waals surface area contributed by atoms with E-state index in [4.69, 9.17) is 18.3 Å². The summed E-state index contributed by atoms with van der Waals surface area (Å²) in [6.07, 6.45) is 31.1. The topological polar surface area (TPSA) is 199 Å². The Labute approximate surface area is 459 Å². The van der Waals surface area contributed by atoms with Crippen molar-refractivity contribution in [1.82, 2.24) is 16.0 Å². The summed E-state index contributed by atoms with van der Waals surface area (Å²) in [4.78, 5) is 53.9. The van der Waals surface area contributed by atoms with Crippen molar-refractivity contribution in [3.63, 3.8) is 0 Å². The van der Waals surface area contributed by atoms with Gasteiger partial charge in [0.1, 0.15) is 23.6 Å². The van der Waals surface area contributed by atoms with Gasteiger partial charge in [0.2, 0.25) is 17.7 Å². The van der Waals surface area contributed by atoms with Crippen LogP contribution in [0.2, 0.25) is 0 Å². The summed E-state index contributed by atoms with van der Waals surface area (Å²) in [6, 6.07) is 15.2. The Hall–Kier alpha value is -3.97. The number of ether oxygens (including phenoxy) is 1. The van der Waals surface area contributed by atoms with E-state index in [1.165, 1.54) is 103 Å². The van der Waals surface area contributed by atoms with E-state index in [-0.39, 0.29) is 68.8 Å². The zero-order valence-electron chi connectivity index (χ0n) is 47.5. The first-order valence-electron chi connectivity index (χ1n) is 30.1. The number of rotatable bonds is 51. The molecule has 0 bridgehead atoms. The van der Waals surface area contributed by atoms with Crippen LogP contribution in [0.25, 0.3) is 0 Å². The predicted molar refractivity (Wildman–Crippen MR) is 306 cm³/mol. The lowest BCUT2D eigenvalue weighted by molar-refractivity contribution is -0.151. The van der Waals surface area contributed by atoms with Gasteiger partial charge in [-0.2, -0.15) is 0 Å². The highest BCUT2D eigenvalue weighted by Gasteiger charge is 2.33. The highest BCUT2D eigenvalue weighted by atomic mass is 31.2. The minimum atomic E-state index is -4.32. The molecule has 0 fully saturated rings. The van der Waals surface area contributed by atoms with E-state index in [1.807, 2.05) is 0 Å². The quantitative estimate of drug-likeness (QED) is 0.0240. The Morgan fingerprint density at radius 2 is 0.974 bits per heavy atom. The number of hydrogen-bond acceptors (Lipinski definition) is 11. The molecule has 0 aliphatic carbocycles. The van der Waals surface area contributed by atoms with Crippen molar-refractivity contribution in [2.45, 2.75) is 270 Å². The fourth-order valence-electron chi connectivity index (χ4n) is 9.20. The molecule has 0 radical (unpaired) electrons. The van der Waals surface area contributed by atoms with Gasteiger partial charge in [0.05, 0.1) is 38.2 Å². The summed E-state index contributed by atoms with van der Waals surface area (Å²) >= 11 is 0. The predicted octanol–water partition coefficient (Wildman–Crippen LogP) is 14.3. The molecule has 0 saturated carbocycles. The van der Waals surface area contributed by atoms with Crippen LogP contribution in [0.3, 0.4) is 0 Å². The van der Waals surface area contributed by atoms with Gasteiger partial charge in [-0.05, 0) is 62.8 Å². The van der Waals surface area contributed by atoms with E-state index >= 15 is 0 Å². The maximum absolute atomic E-state index is 14.2. The molecule has 0 aliphatic rings. The highest BCUT2D eigenvalue weighted by Crippen LogP contribution is 2.49. The summed E-state index contributed by atoms with van der Waals surface area (Å²) in [7, 11) is -4.32. The Morgan fingerprint density at radius 3 is 1.46 bits per heavy atom. The number of unbranched alkanes of at least 4 members (excludes halogenated alkanes) is 24. The number of hydrogen-bond donors (Lipinski definition) is 5. The number of amides is 3. The summed E-state index contributed by atoms with van der Waals surface area (Å²) < 4.78 is 37.6. The second-order valence-electron chi connectivity index (χ2n) is 20.9. The van der Waals surface area contributed by atoms with Crippen LogP contribution >= 0.6 is 7.82 Å². The average molecular weight is 1090 g/mol. The van der Waals surface area contributed by atoms with Gasteiger partial charge in [0.25, 0.3) is 0 Å². The third kappa shape index (κ3) is 37.0. The van der Waals surface area contributed by atoms with Gasteiger partial charge in [0.15, 0.2) is 0 Å². The highest BCUT2D eigenvalue weighted by molar-refractivity contribution is 7.49. The van der Waals surface area contributed by atoms with Crippen LogP contribution in [0.4, 0.5) is 0 Å². The molecular weight excluding hydrogens is 982 g/mol. The fraction of sp³-hybridized carbons (Fsp3) is 0.738. The Kier molecular flexibility index (Phi) is 41.2. The normalized spacial score (nSPS) is 13.1. The maximum atomic E-state index is 14.2. The Balaban J connectivity index is 2.09. The molecule has 0 saturated heterocycles. The third-order valence-corrected chi connectivity index (χ3v) is 15.1. The standard InChI is InChI=1S/C61H104N3O11P/c1-4-7-10-13-16-19-22-25-30-39-53(66)49-58(67)63-52(51-65)38-37-47-62-61(70)57(46-48-72-76(71,74-54-40-32-28-33-41-54)75-55-42-34-29-35-43-55)64-59(68)50-56(44-31-26-23-20-17-14-11-8-5-2)73-60(69)45-36-27-24-21-18-15-12-9-6-3/h28-29,32-35,40-43,52-53,56-57,65-66H,4-27,30-31,36-39,44-51H2,1-3H3,(H,62,70)(H,63,67)(H,64,68)/t52?,53-,56-,57?/m1/s1. The number of benzene rings is 2. The van der Waals surface area contributed by atoms with Crippen molar-refractivity contribution in [3.05, 3.63) is 60.7 Å². The molecule has 2 rings (SSSR count). The van der Waals surface area contributed by atoms with Crippen LogP contribution in [-0.2, 0) is 33.0 Å². The van der Waals surface area contributed by atoms with Crippen LogP contribution in [-0.4, -0.2) is 78.0 Å². The Morgan fingerprint density at radius 1 is 0.526 bits per heavy atom. The van der Waals surface area contributed by atoms with Gasteiger partial charge < -0.3 is 39.9 Å². The maximum Gasteiger partial charge on any atom is 0.587 e. The molecule has 2 unspecified atom stereocenters. The molecule has 3 amide bonds. The van der Waals surface area contributed by atoms with Crippen molar-refractivity contribution in [3.8, 4) is 11.5 Å². The van der Waals surface area contributed by atoms with E-state index in [1.54, 1.807) is 60.7 Å². The minimum Gasteiger partial charge on any atom is -0.462 e. The molecule has 76 heavy (non-hydrogen) atoms. The van der Waals surface area contributed by atoms with Crippen LogP contribution in [0.5, 0.6) is 11.5 Å². The molecule has 2 aromatic rings. The third-order valence-electron chi connectivity index (χ3n) is 13.7. The number of phosphoric ester groups is 1. The van der Waals surface area contributed by atoms with E-state index in [9.17, 15) is 34.0 Å². The smallest absolute Gasteiger partial charge is 0.462 e. The number of phosphoric acid groups is 1. The largest absolute Gasteiger partial charge is 0.587 e. The number of esters is 1. The number of aliphatic hydroxyl groups excluding tert-OH is 2. The van der Waals surface area contributed by atoms with Crippen LogP contribution in [0.15, 0.2) is 60.7 Å². The number of carbonyl (C=O) groups excluding carboxylic acids is 4. The lowest BCUT2D eigenvalue weighted by Crippen LogP contribution is -2.48. The monoisotopic (exact) mass is 1090 g/mol. The molecule has 5 N–H and O–H groups in total. The molecule has 15 heteroatoms. The molecule has 0 heterocycles. The zero-order chi connectivity index (χ0) is 55.2. The molecule has 0 spiro atoms. The van der Waals surface area contributed by atoms with E-state index in [2.05, 4.69) is 36.7 Å². The first kappa shape index (κ1) is 68.1. The number of para-hydroxylation sites is 2. The van der Waals surface area contributed by atoms with Gasteiger partial charge in [-0.15, -0.1) is 0 Å².